The number of benzene rings is 2. The third-order valence-corrected chi connectivity index (χ3v) is 4.36. The molecule has 7 nitrogen and oxygen atoms in total. The highest BCUT2D eigenvalue weighted by Gasteiger charge is 2.36. The van der Waals surface area contributed by atoms with Crippen molar-refractivity contribution in [1.82, 2.24) is 0 Å². The van der Waals surface area contributed by atoms with Crippen LogP contribution in [0.25, 0.3) is 0 Å². The molecule has 5 N–H and O–H groups in total. The first kappa shape index (κ1) is 20.6. The fraction of sp³-hybridized carbons (Fsp3) is 0.300. The van der Waals surface area contributed by atoms with Gasteiger partial charge in [0.2, 0.25) is 5.91 Å². The summed E-state index contributed by atoms with van der Waals surface area (Å²) in [4.78, 5) is 23.7. The lowest BCUT2D eigenvalue weighted by Crippen LogP contribution is -2.41. The van der Waals surface area contributed by atoms with Crippen molar-refractivity contribution in [2.45, 2.75) is 31.5 Å². The van der Waals surface area contributed by atoms with Crippen LogP contribution in [0.5, 0.6) is 0 Å². The van der Waals surface area contributed by atoms with Crippen LogP contribution in [0.4, 0.5) is 5.69 Å². The van der Waals surface area contributed by atoms with Gasteiger partial charge in [-0.25, -0.2) is 4.79 Å². The van der Waals surface area contributed by atoms with Gasteiger partial charge in [0.1, 0.15) is 6.04 Å². The molecule has 1 amide bonds. The SMILES string of the molecule is CC(=O)N1c2ccccc2C[C@H]1C(=O)O.N[C@@H](CO)[C@@H](O)c1ccccc1. The predicted molar refractivity (Wildman–Crippen MR) is 101 cm³/mol. The van der Waals surface area contributed by atoms with E-state index in [0.717, 1.165) is 16.8 Å². The zero-order valence-corrected chi connectivity index (χ0v) is 15.0. The smallest absolute Gasteiger partial charge is 0.327 e. The molecule has 0 fully saturated rings. The van der Waals surface area contributed by atoms with Crippen molar-refractivity contribution in [3.8, 4) is 0 Å². The highest BCUT2D eigenvalue weighted by molar-refractivity contribution is 6.00. The van der Waals surface area contributed by atoms with Gasteiger partial charge in [0.05, 0.1) is 18.8 Å². The van der Waals surface area contributed by atoms with E-state index in [1.807, 2.05) is 30.3 Å². The first-order valence-corrected chi connectivity index (χ1v) is 8.56. The lowest BCUT2D eigenvalue weighted by molar-refractivity contribution is -0.139. The zero-order valence-electron chi connectivity index (χ0n) is 15.0. The van der Waals surface area contributed by atoms with Crippen molar-refractivity contribution < 1.29 is 24.9 Å². The van der Waals surface area contributed by atoms with Gasteiger partial charge in [-0.15, -0.1) is 0 Å². The summed E-state index contributed by atoms with van der Waals surface area (Å²) in [6.07, 6.45) is -0.387. The van der Waals surface area contributed by atoms with Crippen LogP contribution in [0.1, 0.15) is 24.2 Å². The summed E-state index contributed by atoms with van der Waals surface area (Å²) >= 11 is 0. The number of carboxylic acid groups (broad SMARTS) is 1. The molecule has 2 aromatic carbocycles. The summed E-state index contributed by atoms with van der Waals surface area (Å²) < 4.78 is 0. The number of nitrogens with two attached hydrogens (primary N) is 1. The molecule has 2 aromatic rings. The number of anilines is 1. The topological polar surface area (TPSA) is 124 Å². The molecule has 3 atom stereocenters. The van der Waals surface area contributed by atoms with E-state index < -0.39 is 24.2 Å². The fourth-order valence-corrected chi connectivity index (χ4v) is 2.97. The van der Waals surface area contributed by atoms with Crippen LogP contribution in [-0.2, 0) is 16.0 Å². The van der Waals surface area contributed by atoms with Crippen molar-refractivity contribution in [3.05, 3.63) is 65.7 Å². The summed E-state index contributed by atoms with van der Waals surface area (Å²) in [6, 6.07) is 15.0. The number of amides is 1. The minimum atomic E-state index is -0.957. The fourth-order valence-electron chi connectivity index (χ4n) is 2.97. The monoisotopic (exact) mass is 372 g/mol. The lowest BCUT2D eigenvalue weighted by atomic mass is 10.0. The van der Waals surface area contributed by atoms with Crippen molar-refractivity contribution in [2.75, 3.05) is 11.5 Å². The molecule has 27 heavy (non-hydrogen) atoms. The summed E-state index contributed by atoms with van der Waals surface area (Å²) in [6.45, 7) is 1.17. The van der Waals surface area contributed by atoms with E-state index in [4.69, 9.17) is 15.9 Å². The Hall–Kier alpha value is -2.74. The average Bonchev–Trinajstić information content (AvgIpc) is 3.08. The number of rotatable bonds is 4. The van der Waals surface area contributed by atoms with Crippen molar-refractivity contribution in [3.63, 3.8) is 0 Å². The molecule has 1 aliphatic heterocycles. The highest BCUT2D eigenvalue weighted by Crippen LogP contribution is 2.31. The van der Waals surface area contributed by atoms with E-state index in [2.05, 4.69) is 0 Å². The van der Waals surface area contributed by atoms with E-state index in [-0.39, 0.29) is 12.5 Å². The first-order chi connectivity index (χ1) is 12.9. The standard InChI is InChI=1S/C11H11NO3.C9H13NO2/c1-7(13)12-9-5-3-2-4-8(9)6-10(12)11(14)15;10-8(6-11)9(12)7-4-2-1-3-5-7/h2-5,10H,6H2,1H3,(H,14,15);1-5,8-9,11-12H,6,10H2/t10-;8-,9-/m00/s1. The van der Waals surface area contributed by atoms with Gasteiger partial charge in [0.15, 0.2) is 0 Å². The number of carboxylic acids is 1. The van der Waals surface area contributed by atoms with E-state index in [9.17, 15) is 14.7 Å². The first-order valence-electron chi connectivity index (χ1n) is 8.56. The maximum Gasteiger partial charge on any atom is 0.327 e. The molecule has 0 aromatic heterocycles. The number of carbonyl (C=O) groups is 2. The molecular formula is C20H24N2O5. The molecule has 0 radical (unpaired) electrons. The van der Waals surface area contributed by atoms with Crippen LogP contribution < -0.4 is 10.6 Å². The zero-order chi connectivity index (χ0) is 20.0. The number of fused-ring (bicyclic) bond motifs is 1. The Labute approximate surface area is 157 Å². The molecule has 0 saturated carbocycles. The third kappa shape index (κ3) is 4.91. The summed E-state index contributed by atoms with van der Waals surface area (Å²) in [5, 5.41) is 27.2. The Bertz CT molecular complexity index is 781. The number of hydrogen-bond acceptors (Lipinski definition) is 5. The van der Waals surface area contributed by atoms with Gasteiger partial charge < -0.3 is 21.1 Å². The van der Waals surface area contributed by atoms with Crippen LogP contribution in [-0.4, -0.2) is 45.9 Å². The molecule has 0 bridgehead atoms. The lowest BCUT2D eigenvalue weighted by Gasteiger charge is -2.20. The number of nitrogens with zero attached hydrogens (tertiary/aromatic N) is 1. The van der Waals surface area contributed by atoms with E-state index >= 15 is 0 Å². The van der Waals surface area contributed by atoms with Gasteiger partial charge in [-0.1, -0.05) is 48.5 Å². The molecule has 1 heterocycles. The Morgan fingerprint density at radius 2 is 1.74 bits per heavy atom. The minimum Gasteiger partial charge on any atom is -0.480 e. The van der Waals surface area contributed by atoms with Gasteiger partial charge >= 0.3 is 5.97 Å². The van der Waals surface area contributed by atoms with Crippen molar-refractivity contribution >= 4 is 17.6 Å². The minimum absolute atomic E-state index is 0.212. The second-order valence-corrected chi connectivity index (χ2v) is 6.28. The molecule has 7 heteroatoms. The molecule has 0 spiro atoms. The van der Waals surface area contributed by atoms with E-state index in [1.54, 1.807) is 24.3 Å². The highest BCUT2D eigenvalue weighted by atomic mass is 16.4. The largest absolute Gasteiger partial charge is 0.480 e. The maximum absolute atomic E-state index is 11.4. The predicted octanol–water partition coefficient (Wildman–Crippen LogP) is 1.09. The van der Waals surface area contributed by atoms with Crippen molar-refractivity contribution in [2.24, 2.45) is 5.73 Å². The number of aliphatic hydroxyl groups is 2. The van der Waals surface area contributed by atoms with E-state index in [1.165, 1.54) is 11.8 Å². The summed E-state index contributed by atoms with van der Waals surface area (Å²) in [5.74, 6) is -1.19. The Balaban J connectivity index is 0.000000199. The molecule has 3 rings (SSSR count). The van der Waals surface area contributed by atoms with Crippen LogP contribution in [0.15, 0.2) is 54.6 Å². The molecular weight excluding hydrogens is 348 g/mol. The van der Waals surface area contributed by atoms with Gasteiger partial charge in [0, 0.05) is 19.0 Å². The Kier molecular flexibility index (Phi) is 7.06. The number of aliphatic carboxylic acids is 1. The van der Waals surface area contributed by atoms with Crippen LogP contribution >= 0.6 is 0 Å². The maximum atomic E-state index is 11.4. The molecule has 0 saturated heterocycles. The van der Waals surface area contributed by atoms with Crippen molar-refractivity contribution in [1.29, 1.82) is 0 Å². The van der Waals surface area contributed by atoms with Crippen LogP contribution in [0.2, 0.25) is 0 Å². The summed E-state index contributed by atoms with van der Waals surface area (Å²) in [5.41, 5.74) is 7.82. The van der Waals surface area contributed by atoms with Crippen LogP contribution in [0, 0.1) is 0 Å². The Morgan fingerprint density at radius 1 is 1.15 bits per heavy atom. The second kappa shape index (κ2) is 9.27. The molecule has 1 aliphatic rings. The molecule has 144 valence electrons. The number of carbonyl (C=O) groups excluding carboxylic acids is 1. The second-order valence-electron chi connectivity index (χ2n) is 6.28. The van der Waals surface area contributed by atoms with Gasteiger partial charge in [-0.05, 0) is 17.2 Å². The Morgan fingerprint density at radius 3 is 2.30 bits per heavy atom. The summed E-state index contributed by atoms with van der Waals surface area (Å²) in [7, 11) is 0. The average molecular weight is 372 g/mol. The van der Waals surface area contributed by atoms with E-state index in [0.29, 0.717) is 6.42 Å². The normalized spacial score (nSPS) is 17.3. The molecule has 0 aliphatic carbocycles. The number of para-hydroxylation sites is 1. The van der Waals surface area contributed by atoms with Gasteiger partial charge in [-0.2, -0.15) is 0 Å². The van der Waals surface area contributed by atoms with Crippen LogP contribution in [0.3, 0.4) is 0 Å². The third-order valence-electron chi connectivity index (χ3n) is 4.36. The molecule has 0 unspecified atom stereocenters. The quantitative estimate of drug-likeness (QED) is 0.637. The van der Waals surface area contributed by atoms with Gasteiger partial charge in [0.25, 0.3) is 0 Å². The number of aliphatic hydroxyl groups excluding tert-OH is 2. The van der Waals surface area contributed by atoms with Gasteiger partial charge in [-0.3, -0.25) is 9.69 Å². The number of hydrogen-bond donors (Lipinski definition) is 4.